The third-order valence-electron chi connectivity index (χ3n) is 4.35. The zero-order chi connectivity index (χ0) is 17.8. The zero-order valence-corrected chi connectivity index (χ0v) is 14.1. The minimum atomic E-state index is -0.259. The molecule has 1 saturated heterocycles. The predicted octanol–water partition coefficient (Wildman–Crippen LogP) is 0.519. The van der Waals surface area contributed by atoms with Gasteiger partial charge < -0.3 is 9.80 Å². The third kappa shape index (κ3) is 3.93. The molecule has 2 amide bonds. The maximum atomic E-state index is 12.3. The van der Waals surface area contributed by atoms with Crippen LogP contribution in [0.15, 0.2) is 41.5 Å². The highest BCUT2D eigenvalue weighted by Crippen LogP contribution is 2.15. The van der Waals surface area contributed by atoms with Crippen molar-refractivity contribution in [1.82, 2.24) is 19.4 Å². The molecule has 1 aliphatic heterocycles. The lowest BCUT2D eigenvalue weighted by Crippen LogP contribution is -2.49. The van der Waals surface area contributed by atoms with Gasteiger partial charge in [0.1, 0.15) is 6.54 Å². The van der Waals surface area contributed by atoms with E-state index in [1.807, 2.05) is 31.2 Å². The number of carbonyl (C=O) groups excluding carboxylic acids is 2. The minimum Gasteiger partial charge on any atom is -0.342 e. The van der Waals surface area contributed by atoms with Crippen LogP contribution in [0.3, 0.4) is 0 Å². The molecule has 25 heavy (non-hydrogen) atoms. The van der Waals surface area contributed by atoms with E-state index in [9.17, 15) is 14.4 Å². The summed E-state index contributed by atoms with van der Waals surface area (Å²) in [5, 5.41) is 0. The van der Waals surface area contributed by atoms with Crippen LogP contribution in [0.25, 0.3) is 11.3 Å². The first-order valence-electron chi connectivity index (χ1n) is 8.17. The first-order valence-corrected chi connectivity index (χ1v) is 8.17. The molecule has 7 nitrogen and oxygen atoms in total. The molecule has 130 valence electrons. The molecule has 0 spiro atoms. The van der Waals surface area contributed by atoms with E-state index in [2.05, 4.69) is 4.98 Å². The molecule has 0 atom stereocenters. The second kappa shape index (κ2) is 7.29. The predicted molar refractivity (Wildman–Crippen MR) is 92.9 cm³/mol. The number of nitrogens with zero attached hydrogens (tertiary/aromatic N) is 4. The highest BCUT2D eigenvalue weighted by Gasteiger charge is 2.20. The van der Waals surface area contributed by atoms with Crippen molar-refractivity contribution in [3.63, 3.8) is 0 Å². The summed E-state index contributed by atoms with van der Waals surface area (Å²) in [6.45, 7) is 3.97. The van der Waals surface area contributed by atoms with Crippen molar-refractivity contribution < 1.29 is 9.59 Å². The molecular weight excluding hydrogens is 320 g/mol. The fourth-order valence-electron chi connectivity index (χ4n) is 2.75. The van der Waals surface area contributed by atoms with Crippen LogP contribution in [0.4, 0.5) is 0 Å². The van der Waals surface area contributed by atoms with Crippen molar-refractivity contribution in [2.24, 2.45) is 0 Å². The van der Waals surface area contributed by atoms with Gasteiger partial charge in [0.25, 0.3) is 5.56 Å². The topological polar surface area (TPSA) is 75.5 Å². The van der Waals surface area contributed by atoms with Crippen molar-refractivity contribution in [1.29, 1.82) is 0 Å². The van der Waals surface area contributed by atoms with Gasteiger partial charge in [0.2, 0.25) is 12.3 Å². The van der Waals surface area contributed by atoms with E-state index in [1.54, 1.807) is 9.80 Å². The number of piperazine rings is 1. The summed E-state index contributed by atoms with van der Waals surface area (Å²) in [6.07, 6.45) is 2.21. The van der Waals surface area contributed by atoms with Crippen molar-refractivity contribution in [2.75, 3.05) is 26.2 Å². The van der Waals surface area contributed by atoms with Gasteiger partial charge >= 0.3 is 0 Å². The van der Waals surface area contributed by atoms with Crippen LogP contribution in [0, 0.1) is 6.92 Å². The SMILES string of the molecule is Cc1ccc(-c2cc(=O)n(CC(=O)N3CCN(C=O)CC3)cn2)cc1. The van der Waals surface area contributed by atoms with E-state index in [1.165, 1.54) is 17.0 Å². The Balaban J connectivity index is 1.69. The van der Waals surface area contributed by atoms with Gasteiger partial charge in [0.05, 0.1) is 12.0 Å². The molecule has 1 aromatic carbocycles. The second-order valence-electron chi connectivity index (χ2n) is 6.13. The van der Waals surface area contributed by atoms with E-state index in [4.69, 9.17) is 0 Å². The molecule has 2 aromatic rings. The Kier molecular flexibility index (Phi) is 4.92. The lowest BCUT2D eigenvalue weighted by molar-refractivity contribution is -0.135. The number of aryl methyl sites for hydroxylation is 1. The van der Waals surface area contributed by atoms with Gasteiger partial charge in [-0.15, -0.1) is 0 Å². The van der Waals surface area contributed by atoms with Gasteiger partial charge in [-0.1, -0.05) is 29.8 Å². The molecule has 0 bridgehead atoms. The molecule has 0 saturated carbocycles. The van der Waals surface area contributed by atoms with Gasteiger partial charge in [-0.25, -0.2) is 4.98 Å². The maximum Gasteiger partial charge on any atom is 0.254 e. The Bertz CT molecular complexity index is 821. The van der Waals surface area contributed by atoms with Crippen LogP contribution in [-0.4, -0.2) is 57.8 Å². The van der Waals surface area contributed by atoms with E-state index in [0.717, 1.165) is 17.5 Å². The number of hydrogen-bond donors (Lipinski definition) is 0. The molecule has 0 aliphatic carbocycles. The average molecular weight is 340 g/mol. The first kappa shape index (κ1) is 16.9. The van der Waals surface area contributed by atoms with Crippen molar-refractivity contribution in [3.8, 4) is 11.3 Å². The van der Waals surface area contributed by atoms with Gasteiger partial charge in [-0.3, -0.25) is 19.0 Å². The summed E-state index contributed by atoms with van der Waals surface area (Å²) in [4.78, 5) is 42.9. The number of hydrogen-bond acceptors (Lipinski definition) is 4. The highest BCUT2D eigenvalue weighted by molar-refractivity contribution is 5.76. The molecule has 1 fully saturated rings. The number of amides is 2. The lowest BCUT2D eigenvalue weighted by atomic mass is 10.1. The Hall–Kier alpha value is -2.96. The number of rotatable bonds is 4. The molecule has 3 rings (SSSR count). The highest BCUT2D eigenvalue weighted by atomic mass is 16.2. The maximum absolute atomic E-state index is 12.3. The smallest absolute Gasteiger partial charge is 0.254 e. The van der Waals surface area contributed by atoms with Gasteiger partial charge in [-0.05, 0) is 6.92 Å². The first-order chi connectivity index (χ1) is 12.1. The lowest BCUT2D eigenvalue weighted by Gasteiger charge is -2.32. The van der Waals surface area contributed by atoms with Crippen LogP contribution in [0.1, 0.15) is 5.56 Å². The molecule has 7 heteroatoms. The van der Waals surface area contributed by atoms with Crippen LogP contribution in [0.5, 0.6) is 0 Å². The molecule has 0 unspecified atom stereocenters. The monoisotopic (exact) mass is 340 g/mol. The fraction of sp³-hybridized carbons (Fsp3) is 0.333. The Morgan fingerprint density at radius 3 is 2.44 bits per heavy atom. The summed E-state index contributed by atoms with van der Waals surface area (Å²) >= 11 is 0. The van der Waals surface area contributed by atoms with Crippen molar-refractivity contribution in [2.45, 2.75) is 13.5 Å². The zero-order valence-electron chi connectivity index (χ0n) is 14.1. The second-order valence-corrected chi connectivity index (χ2v) is 6.13. The number of benzene rings is 1. The summed E-state index contributed by atoms with van der Waals surface area (Å²) in [6, 6.07) is 9.20. The van der Waals surface area contributed by atoms with Crippen molar-refractivity contribution in [3.05, 3.63) is 52.6 Å². The fourth-order valence-corrected chi connectivity index (χ4v) is 2.75. The van der Waals surface area contributed by atoms with Gasteiger partial charge in [0.15, 0.2) is 0 Å². The summed E-state index contributed by atoms with van der Waals surface area (Å²) < 4.78 is 1.31. The standard InChI is InChI=1S/C18H20N4O3/c1-14-2-4-15(5-3-14)16-10-17(24)22(12-19-16)11-18(25)21-8-6-20(13-23)7-9-21/h2-5,10,12-13H,6-9,11H2,1H3. The van der Waals surface area contributed by atoms with Gasteiger partial charge in [0, 0.05) is 37.8 Å². The number of carbonyl (C=O) groups is 2. The molecule has 0 radical (unpaired) electrons. The largest absolute Gasteiger partial charge is 0.342 e. The number of aromatic nitrogens is 2. The van der Waals surface area contributed by atoms with Crippen LogP contribution < -0.4 is 5.56 Å². The Labute approximate surface area is 145 Å². The normalized spacial score (nSPS) is 14.4. The summed E-state index contributed by atoms with van der Waals surface area (Å²) in [7, 11) is 0. The molecule has 2 heterocycles. The van der Waals surface area contributed by atoms with Crippen molar-refractivity contribution >= 4 is 12.3 Å². The molecule has 0 N–H and O–H groups in total. The average Bonchev–Trinajstić information content (AvgIpc) is 2.64. The summed E-state index contributed by atoms with van der Waals surface area (Å²) in [5.74, 6) is -0.141. The van der Waals surface area contributed by atoms with Gasteiger partial charge in [-0.2, -0.15) is 0 Å². The van der Waals surface area contributed by atoms with E-state index >= 15 is 0 Å². The van der Waals surface area contributed by atoms with Crippen LogP contribution in [-0.2, 0) is 16.1 Å². The van der Waals surface area contributed by atoms with E-state index in [0.29, 0.717) is 31.9 Å². The molecule has 1 aliphatic rings. The minimum absolute atomic E-state index is 0.0406. The molecular formula is C18H20N4O3. The van der Waals surface area contributed by atoms with Crippen LogP contribution >= 0.6 is 0 Å². The van der Waals surface area contributed by atoms with E-state index in [-0.39, 0.29) is 18.0 Å². The Morgan fingerprint density at radius 1 is 1.16 bits per heavy atom. The Morgan fingerprint density at radius 2 is 1.84 bits per heavy atom. The quantitative estimate of drug-likeness (QED) is 0.761. The summed E-state index contributed by atoms with van der Waals surface area (Å²) in [5.41, 5.74) is 2.34. The van der Waals surface area contributed by atoms with E-state index < -0.39 is 0 Å². The molecule has 1 aromatic heterocycles. The third-order valence-corrected chi connectivity index (χ3v) is 4.35. The van der Waals surface area contributed by atoms with Crippen LogP contribution in [0.2, 0.25) is 0 Å².